The molecule has 1 unspecified atom stereocenters. The second kappa shape index (κ2) is 12.9. The molecular weight excluding hydrogens is 582 g/mol. The van der Waals surface area contributed by atoms with Gasteiger partial charge in [0.1, 0.15) is 17.7 Å². The largest absolute Gasteiger partial charge is 0.453 e. The Kier molecular flexibility index (Phi) is 8.26. The van der Waals surface area contributed by atoms with Gasteiger partial charge in [-0.25, -0.2) is 24.7 Å². The van der Waals surface area contributed by atoms with Crippen molar-refractivity contribution in [3.63, 3.8) is 0 Å². The minimum Gasteiger partial charge on any atom is -0.453 e. The molecule has 0 spiro atoms. The van der Waals surface area contributed by atoms with E-state index in [9.17, 15) is 9.59 Å². The highest BCUT2D eigenvalue weighted by Gasteiger charge is 2.37. The monoisotopic (exact) mass is 617 g/mol. The van der Waals surface area contributed by atoms with Crippen molar-refractivity contribution in [2.45, 2.75) is 43.8 Å². The van der Waals surface area contributed by atoms with Gasteiger partial charge in [0.05, 0.1) is 43.0 Å². The normalized spacial score (nSPS) is 18.4. The molecule has 0 bridgehead atoms. The lowest BCUT2D eigenvalue weighted by Crippen LogP contribution is -2.42. The summed E-state index contributed by atoms with van der Waals surface area (Å²) in [6.45, 7) is 1.59. The van der Waals surface area contributed by atoms with Crippen LogP contribution in [0.5, 0.6) is 0 Å². The van der Waals surface area contributed by atoms with E-state index in [1.807, 2.05) is 73.2 Å². The van der Waals surface area contributed by atoms with Crippen LogP contribution >= 0.6 is 0 Å². The first kappa shape index (κ1) is 29.4. The molecule has 2 fully saturated rings. The van der Waals surface area contributed by atoms with Gasteiger partial charge in [0.2, 0.25) is 0 Å². The fraction of sp³-hybridized carbons (Fsp3) is 0.294. The molecule has 2 aliphatic rings. The summed E-state index contributed by atoms with van der Waals surface area (Å²) in [5.74, 6) is 2.09. The number of rotatable bonds is 8. The molecule has 0 saturated carbocycles. The van der Waals surface area contributed by atoms with E-state index in [-0.39, 0.29) is 18.0 Å². The number of ether oxygens (including phenoxy) is 1. The van der Waals surface area contributed by atoms with Gasteiger partial charge in [-0.3, -0.25) is 4.79 Å². The Morgan fingerprint density at radius 3 is 2.24 bits per heavy atom. The molecule has 46 heavy (non-hydrogen) atoms. The van der Waals surface area contributed by atoms with Crippen LogP contribution in [0.25, 0.3) is 33.9 Å². The number of carbonyl (C=O) groups is 2. The van der Waals surface area contributed by atoms with E-state index in [0.717, 1.165) is 66.1 Å². The van der Waals surface area contributed by atoms with Gasteiger partial charge >= 0.3 is 6.09 Å². The molecule has 5 heterocycles. The van der Waals surface area contributed by atoms with E-state index in [2.05, 4.69) is 40.5 Å². The number of nitrogens with one attached hydrogen (secondary N) is 4. The zero-order chi connectivity index (χ0) is 31.5. The Bertz CT molecular complexity index is 1800. The average Bonchev–Trinajstić information content (AvgIpc) is 3.94. The van der Waals surface area contributed by atoms with Crippen molar-refractivity contribution >= 4 is 12.0 Å². The van der Waals surface area contributed by atoms with E-state index in [0.29, 0.717) is 23.8 Å². The third kappa shape index (κ3) is 5.98. The minimum absolute atomic E-state index is 0.203. The van der Waals surface area contributed by atoms with E-state index in [1.165, 1.54) is 7.11 Å². The molecule has 2 saturated heterocycles. The number of imidazole rings is 2. The third-order valence-electron chi connectivity index (χ3n) is 8.68. The molecule has 2 aromatic carbocycles. The molecule has 0 radical (unpaired) electrons. The van der Waals surface area contributed by atoms with Crippen molar-refractivity contribution in [1.29, 1.82) is 0 Å². The van der Waals surface area contributed by atoms with E-state index in [1.54, 1.807) is 11.1 Å². The van der Waals surface area contributed by atoms with Crippen molar-refractivity contribution in [1.82, 2.24) is 45.4 Å². The SMILES string of the molecule is COC(=O)N[C@@H](C(=O)N1CCC[C@H]1c1ncc(-c2ccc(-c3ncc(-c4cnc(C5CCCN5)[nH]4)cn3)cc2)[nH]1)c1ccccc1. The third-order valence-corrected chi connectivity index (χ3v) is 8.68. The summed E-state index contributed by atoms with van der Waals surface area (Å²) in [6.07, 6.45) is 10.4. The van der Waals surface area contributed by atoms with Crippen molar-refractivity contribution in [3.8, 4) is 33.9 Å². The zero-order valence-electron chi connectivity index (χ0n) is 25.4. The number of carbonyl (C=O) groups excluding carboxylic acids is 2. The molecule has 2 aliphatic heterocycles. The Morgan fingerprint density at radius 1 is 0.826 bits per heavy atom. The number of nitrogens with zero attached hydrogens (tertiary/aromatic N) is 5. The van der Waals surface area contributed by atoms with Gasteiger partial charge in [-0.05, 0) is 43.4 Å². The first-order chi connectivity index (χ1) is 22.6. The predicted molar refractivity (Wildman–Crippen MR) is 171 cm³/mol. The Hall–Kier alpha value is -5.36. The van der Waals surface area contributed by atoms with Crippen molar-refractivity contribution in [2.24, 2.45) is 0 Å². The highest BCUT2D eigenvalue weighted by Crippen LogP contribution is 2.34. The molecule has 4 N–H and O–H groups in total. The fourth-order valence-corrected chi connectivity index (χ4v) is 6.24. The molecule has 234 valence electrons. The first-order valence-electron chi connectivity index (χ1n) is 15.5. The second-order valence-corrected chi connectivity index (χ2v) is 11.6. The van der Waals surface area contributed by atoms with Crippen molar-refractivity contribution in [2.75, 3.05) is 20.2 Å². The highest BCUT2D eigenvalue weighted by atomic mass is 16.5. The zero-order valence-corrected chi connectivity index (χ0v) is 25.4. The van der Waals surface area contributed by atoms with Gasteiger partial charge in [-0.1, -0.05) is 54.6 Å². The molecule has 3 atom stereocenters. The van der Waals surface area contributed by atoms with Gasteiger partial charge in [0, 0.05) is 30.1 Å². The maximum Gasteiger partial charge on any atom is 0.407 e. The van der Waals surface area contributed by atoms with E-state index >= 15 is 0 Å². The second-order valence-electron chi connectivity index (χ2n) is 11.6. The number of benzene rings is 2. The summed E-state index contributed by atoms with van der Waals surface area (Å²) in [5.41, 5.74) is 5.17. The van der Waals surface area contributed by atoms with Crippen LogP contribution < -0.4 is 10.6 Å². The van der Waals surface area contributed by atoms with E-state index in [4.69, 9.17) is 4.74 Å². The molecule has 7 rings (SSSR count). The number of hydrogen-bond donors (Lipinski definition) is 4. The maximum atomic E-state index is 13.8. The number of aromatic nitrogens is 6. The minimum atomic E-state index is -0.862. The molecule has 3 aromatic heterocycles. The number of likely N-dealkylation sites (tertiary alicyclic amines) is 1. The lowest BCUT2D eigenvalue weighted by atomic mass is 10.1. The summed E-state index contributed by atoms with van der Waals surface area (Å²) in [5, 5.41) is 6.16. The number of alkyl carbamates (subject to hydrolysis) is 1. The van der Waals surface area contributed by atoms with Gasteiger partial charge in [0.15, 0.2) is 5.82 Å². The van der Waals surface area contributed by atoms with Crippen molar-refractivity contribution in [3.05, 3.63) is 96.6 Å². The first-order valence-corrected chi connectivity index (χ1v) is 15.5. The number of H-pyrrole nitrogens is 2. The van der Waals surface area contributed by atoms with Gasteiger partial charge in [0.25, 0.3) is 5.91 Å². The van der Waals surface area contributed by atoms with Crippen LogP contribution in [-0.4, -0.2) is 67.0 Å². The fourth-order valence-electron chi connectivity index (χ4n) is 6.24. The molecule has 5 aromatic rings. The van der Waals surface area contributed by atoms with Crippen LogP contribution in [-0.2, 0) is 9.53 Å². The lowest BCUT2D eigenvalue weighted by molar-refractivity contribution is -0.134. The lowest BCUT2D eigenvalue weighted by Gasteiger charge is -2.28. The standard InChI is InChI=1S/C34H35N9O3/c1-46-34(45)42-29(22-7-3-2-4-8-22)33(44)43-16-6-10-28(43)32-39-19-26(41-32)21-11-13-23(14-12-21)30-36-17-24(18-37-30)27-20-38-31(40-27)25-9-5-15-35-25/h2-4,7-8,11-14,17-20,25,28-29,35H,5-6,9-10,15-16H2,1H3,(H,38,40)(H,39,41)(H,42,45)/t25?,28-,29+/m0/s1. The summed E-state index contributed by atoms with van der Waals surface area (Å²) in [6, 6.07) is 16.3. The maximum absolute atomic E-state index is 13.8. The topological polar surface area (TPSA) is 154 Å². The van der Waals surface area contributed by atoms with Crippen LogP contribution in [0.3, 0.4) is 0 Å². The molecule has 12 nitrogen and oxygen atoms in total. The Morgan fingerprint density at radius 2 is 1.52 bits per heavy atom. The van der Waals surface area contributed by atoms with Gasteiger partial charge in [-0.15, -0.1) is 0 Å². The molecule has 0 aliphatic carbocycles. The van der Waals surface area contributed by atoms with E-state index < -0.39 is 12.1 Å². The summed E-state index contributed by atoms with van der Waals surface area (Å²) >= 11 is 0. The highest BCUT2D eigenvalue weighted by molar-refractivity contribution is 5.87. The quantitative estimate of drug-likeness (QED) is 0.187. The van der Waals surface area contributed by atoms with Crippen LogP contribution in [0.2, 0.25) is 0 Å². The average molecular weight is 618 g/mol. The van der Waals surface area contributed by atoms with Crippen LogP contribution in [0.4, 0.5) is 4.79 Å². The van der Waals surface area contributed by atoms with Gasteiger partial charge < -0.3 is 30.2 Å². The Balaban J connectivity index is 1.04. The number of methoxy groups -OCH3 is 1. The van der Waals surface area contributed by atoms with Crippen LogP contribution in [0, 0.1) is 0 Å². The number of hydrogen-bond acceptors (Lipinski definition) is 8. The predicted octanol–water partition coefficient (Wildman–Crippen LogP) is 5.11. The summed E-state index contributed by atoms with van der Waals surface area (Å²) in [4.78, 5) is 53.0. The molecule has 2 amide bonds. The Labute approximate surface area is 266 Å². The van der Waals surface area contributed by atoms with Crippen LogP contribution in [0.1, 0.15) is 61.0 Å². The number of aromatic amines is 2. The smallest absolute Gasteiger partial charge is 0.407 e. The van der Waals surface area contributed by atoms with Crippen LogP contribution in [0.15, 0.2) is 79.4 Å². The molecule has 12 heteroatoms. The summed E-state index contributed by atoms with van der Waals surface area (Å²) in [7, 11) is 1.28. The summed E-state index contributed by atoms with van der Waals surface area (Å²) < 4.78 is 4.80. The number of amides is 2. The molecular formula is C34H35N9O3. The van der Waals surface area contributed by atoms with Gasteiger partial charge in [-0.2, -0.15) is 0 Å². The van der Waals surface area contributed by atoms with Crippen molar-refractivity contribution < 1.29 is 14.3 Å².